The minimum absolute atomic E-state index is 0.628. The Morgan fingerprint density at radius 2 is 2.29 bits per heavy atom. The Bertz CT molecular complexity index is 340. The van der Waals surface area contributed by atoms with Crippen molar-refractivity contribution in [1.82, 2.24) is 4.98 Å². The lowest BCUT2D eigenvalue weighted by Crippen LogP contribution is -1.95. The van der Waals surface area contributed by atoms with Gasteiger partial charge in [-0.2, -0.15) is 0 Å². The molecule has 0 bridgehead atoms. The Labute approximate surface area is 85.9 Å². The third kappa shape index (κ3) is 2.59. The standard InChI is InChI=1S/C12H18N2/c1-4-5-9(2)8-11-6-7-14-12(13)10(11)3/h6-8H,4-5H2,1-3H3,(H2,13,14)/b9-8-. The summed E-state index contributed by atoms with van der Waals surface area (Å²) in [6.45, 7) is 6.35. The molecule has 0 atom stereocenters. The number of nitrogens with zero attached hydrogens (tertiary/aromatic N) is 1. The molecule has 2 N–H and O–H groups in total. The molecule has 0 saturated carbocycles. The van der Waals surface area contributed by atoms with Gasteiger partial charge in [0.05, 0.1) is 0 Å². The zero-order valence-electron chi connectivity index (χ0n) is 9.17. The number of anilines is 1. The van der Waals surface area contributed by atoms with E-state index in [-0.39, 0.29) is 0 Å². The molecule has 0 fully saturated rings. The van der Waals surface area contributed by atoms with E-state index in [9.17, 15) is 0 Å². The lowest BCUT2D eigenvalue weighted by molar-refractivity contribution is 0.911. The molecule has 0 unspecified atom stereocenters. The van der Waals surface area contributed by atoms with E-state index >= 15 is 0 Å². The molecule has 0 amide bonds. The molecule has 0 aliphatic heterocycles. The number of allylic oxidation sites excluding steroid dienone is 1. The predicted octanol–water partition coefficient (Wildman–Crippen LogP) is 3.18. The third-order valence-electron chi connectivity index (χ3n) is 2.33. The van der Waals surface area contributed by atoms with E-state index in [1.54, 1.807) is 6.20 Å². The molecular formula is C12H18N2. The fourth-order valence-electron chi connectivity index (χ4n) is 1.46. The summed E-state index contributed by atoms with van der Waals surface area (Å²) in [7, 11) is 0. The van der Waals surface area contributed by atoms with Crippen LogP contribution < -0.4 is 5.73 Å². The van der Waals surface area contributed by atoms with Gasteiger partial charge in [-0.1, -0.05) is 25.0 Å². The number of pyridine rings is 1. The molecule has 2 nitrogen and oxygen atoms in total. The highest BCUT2D eigenvalue weighted by atomic mass is 14.8. The summed E-state index contributed by atoms with van der Waals surface area (Å²) < 4.78 is 0. The minimum atomic E-state index is 0.628. The van der Waals surface area contributed by atoms with Gasteiger partial charge in [-0.25, -0.2) is 4.98 Å². The van der Waals surface area contributed by atoms with Crippen molar-refractivity contribution in [3.05, 3.63) is 29.0 Å². The van der Waals surface area contributed by atoms with Gasteiger partial charge < -0.3 is 5.73 Å². The maximum absolute atomic E-state index is 5.73. The van der Waals surface area contributed by atoms with Crippen molar-refractivity contribution in [2.45, 2.75) is 33.6 Å². The molecule has 0 spiro atoms. The molecule has 0 radical (unpaired) electrons. The van der Waals surface area contributed by atoms with Crippen molar-refractivity contribution < 1.29 is 0 Å². The lowest BCUT2D eigenvalue weighted by Gasteiger charge is -2.04. The minimum Gasteiger partial charge on any atom is -0.383 e. The van der Waals surface area contributed by atoms with Crippen LogP contribution in [0.3, 0.4) is 0 Å². The van der Waals surface area contributed by atoms with Crippen LogP contribution in [0.4, 0.5) is 5.82 Å². The summed E-state index contributed by atoms with van der Waals surface area (Å²) in [6.07, 6.45) is 6.27. The predicted molar refractivity (Wildman–Crippen MR) is 61.9 cm³/mol. The quantitative estimate of drug-likeness (QED) is 0.795. The Hall–Kier alpha value is -1.31. The van der Waals surface area contributed by atoms with Crippen molar-refractivity contribution in [3.8, 4) is 0 Å². The summed E-state index contributed by atoms with van der Waals surface area (Å²) in [4.78, 5) is 4.04. The van der Waals surface area contributed by atoms with E-state index < -0.39 is 0 Å². The molecule has 1 rings (SSSR count). The largest absolute Gasteiger partial charge is 0.383 e. The third-order valence-corrected chi connectivity index (χ3v) is 2.33. The zero-order valence-corrected chi connectivity index (χ0v) is 9.17. The van der Waals surface area contributed by atoms with Crippen LogP contribution in [0.2, 0.25) is 0 Å². The summed E-state index contributed by atoms with van der Waals surface area (Å²) in [5.41, 5.74) is 9.38. The van der Waals surface area contributed by atoms with E-state index in [2.05, 4.69) is 24.9 Å². The van der Waals surface area contributed by atoms with Gasteiger partial charge in [0.1, 0.15) is 5.82 Å². The van der Waals surface area contributed by atoms with Gasteiger partial charge in [-0.3, -0.25) is 0 Å². The van der Waals surface area contributed by atoms with Gasteiger partial charge in [0.25, 0.3) is 0 Å². The normalized spacial score (nSPS) is 11.8. The van der Waals surface area contributed by atoms with Crippen molar-refractivity contribution in [2.75, 3.05) is 5.73 Å². The van der Waals surface area contributed by atoms with E-state index in [1.165, 1.54) is 17.6 Å². The first-order valence-electron chi connectivity index (χ1n) is 5.03. The SMILES string of the molecule is CCC/C(C)=C\c1ccnc(N)c1C. The van der Waals surface area contributed by atoms with Gasteiger partial charge in [-0.05, 0) is 37.5 Å². The first kappa shape index (κ1) is 10.8. The second-order valence-electron chi connectivity index (χ2n) is 3.65. The molecule has 14 heavy (non-hydrogen) atoms. The van der Waals surface area contributed by atoms with E-state index in [4.69, 9.17) is 5.73 Å². The van der Waals surface area contributed by atoms with E-state index in [1.807, 2.05) is 13.0 Å². The number of aromatic nitrogens is 1. The van der Waals surface area contributed by atoms with Crippen LogP contribution in [0.1, 0.15) is 37.8 Å². The van der Waals surface area contributed by atoms with Crippen molar-refractivity contribution in [1.29, 1.82) is 0 Å². The molecule has 76 valence electrons. The fourth-order valence-corrected chi connectivity index (χ4v) is 1.46. The fraction of sp³-hybridized carbons (Fsp3) is 0.417. The summed E-state index contributed by atoms with van der Waals surface area (Å²) in [5, 5.41) is 0. The maximum Gasteiger partial charge on any atom is 0.126 e. The molecule has 2 heteroatoms. The number of hydrogen-bond acceptors (Lipinski definition) is 2. The van der Waals surface area contributed by atoms with Crippen LogP contribution in [0.5, 0.6) is 0 Å². The second kappa shape index (κ2) is 4.80. The summed E-state index contributed by atoms with van der Waals surface area (Å²) in [5.74, 6) is 0.628. The smallest absolute Gasteiger partial charge is 0.126 e. The van der Waals surface area contributed by atoms with Gasteiger partial charge >= 0.3 is 0 Å². The van der Waals surface area contributed by atoms with Crippen molar-refractivity contribution in [3.63, 3.8) is 0 Å². The molecule has 0 saturated heterocycles. The monoisotopic (exact) mass is 190 g/mol. The molecule has 1 aromatic rings. The highest BCUT2D eigenvalue weighted by Gasteiger charge is 1.99. The van der Waals surface area contributed by atoms with Crippen LogP contribution in [0, 0.1) is 6.92 Å². The van der Waals surface area contributed by atoms with Crippen molar-refractivity contribution >= 4 is 11.9 Å². The Morgan fingerprint density at radius 1 is 1.57 bits per heavy atom. The molecule has 0 aliphatic rings. The summed E-state index contributed by atoms with van der Waals surface area (Å²) >= 11 is 0. The van der Waals surface area contributed by atoms with Gasteiger partial charge in [0, 0.05) is 6.20 Å². The first-order valence-corrected chi connectivity index (χ1v) is 5.03. The maximum atomic E-state index is 5.73. The lowest BCUT2D eigenvalue weighted by atomic mass is 10.1. The van der Waals surface area contributed by atoms with Crippen LogP contribution in [-0.2, 0) is 0 Å². The van der Waals surface area contributed by atoms with Gasteiger partial charge in [0.2, 0.25) is 0 Å². The highest BCUT2D eigenvalue weighted by Crippen LogP contribution is 2.17. The number of nitrogens with two attached hydrogens (primary N) is 1. The second-order valence-corrected chi connectivity index (χ2v) is 3.65. The van der Waals surface area contributed by atoms with Crippen molar-refractivity contribution in [2.24, 2.45) is 0 Å². The van der Waals surface area contributed by atoms with Gasteiger partial charge in [0.15, 0.2) is 0 Å². The Kier molecular flexibility index (Phi) is 3.69. The number of rotatable bonds is 3. The average molecular weight is 190 g/mol. The average Bonchev–Trinajstić information content (AvgIpc) is 2.13. The Morgan fingerprint density at radius 3 is 2.93 bits per heavy atom. The molecule has 0 aromatic carbocycles. The molecule has 1 heterocycles. The molecule has 1 aromatic heterocycles. The Balaban J connectivity index is 2.96. The highest BCUT2D eigenvalue weighted by molar-refractivity contribution is 5.60. The summed E-state index contributed by atoms with van der Waals surface area (Å²) in [6, 6.07) is 2.00. The van der Waals surface area contributed by atoms with Crippen LogP contribution in [-0.4, -0.2) is 4.98 Å². The zero-order chi connectivity index (χ0) is 10.6. The van der Waals surface area contributed by atoms with Crippen LogP contribution in [0.15, 0.2) is 17.8 Å². The first-order chi connectivity index (χ1) is 6.65. The van der Waals surface area contributed by atoms with E-state index in [0.717, 1.165) is 12.0 Å². The van der Waals surface area contributed by atoms with E-state index in [0.29, 0.717) is 5.82 Å². The topological polar surface area (TPSA) is 38.9 Å². The number of nitrogen functional groups attached to an aromatic ring is 1. The number of hydrogen-bond donors (Lipinski definition) is 1. The van der Waals surface area contributed by atoms with Crippen LogP contribution >= 0.6 is 0 Å². The molecular weight excluding hydrogens is 172 g/mol. The van der Waals surface area contributed by atoms with Crippen LogP contribution in [0.25, 0.3) is 6.08 Å². The molecule has 0 aliphatic carbocycles. The van der Waals surface area contributed by atoms with Gasteiger partial charge in [-0.15, -0.1) is 0 Å².